The second-order valence-corrected chi connectivity index (χ2v) is 6.36. The highest BCUT2D eigenvalue weighted by atomic mass is 35.5. The summed E-state index contributed by atoms with van der Waals surface area (Å²) < 4.78 is 22.5. The molecular weight excluding hydrogens is 288 g/mol. The van der Waals surface area contributed by atoms with Crippen molar-refractivity contribution in [3.05, 3.63) is 29.8 Å². The van der Waals surface area contributed by atoms with Gasteiger partial charge in [0.1, 0.15) is 0 Å². The minimum absolute atomic E-state index is 0. The van der Waals surface area contributed by atoms with Crippen molar-refractivity contribution in [3.8, 4) is 0 Å². The number of hydrogen-bond acceptors (Lipinski definition) is 4. The second-order valence-electron chi connectivity index (χ2n) is 4.35. The molecule has 0 aliphatic carbocycles. The van der Waals surface area contributed by atoms with Crippen LogP contribution < -0.4 is 11.1 Å². The zero-order valence-electron chi connectivity index (χ0n) is 10.9. The standard InChI is InChI=1S/C12H18N2O3S.ClH/c1-9(7-13)8-14-12(15)10-3-5-11(6-4-10)18(2,16)17;/h3-6,9H,7-8,13H2,1-2H3,(H,14,15);1H. The normalized spacial score (nSPS) is 12.4. The third-order valence-electron chi connectivity index (χ3n) is 2.56. The van der Waals surface area contributed by atoms with E-state index in [4.69, 9.17) is 5.73 Å². The summed E-state index contributed by atoms with van der Waals surface area (Å²) in [5.74, 6) is -0.0143. The lowest BCUT2D eigenvalue weighted by Crippen LogP contribution is -2.31. The van der Waals surface area contributed by atoms with Crippen LogP contribution in [0.4, 0.5) is 0 Å². The van der Waals surface area contributed by atoms with Crippen molar-refractivity contribution in [2.45, 2.75) is 11.8 Å². The Labute approximate surface area is 119 Å². The minimum atomic E-state index is -3.22. The molecule has 7 heteroatoms. The maximum absolute atomic E-state index is 11.7. The van der Waals surface area contributed by atoms with Crippen LogP contribution >= 0.6 is 12.4 Å². The first-order valence-electron chi connectivity index (χ1n) is 5.63. The number of carbonyl (C=O) groups is 1. The summed E-state index contributed by atoms with van der Waals surface area (Å²) in [6.07, 6.45) is 1.13. The summed E-state index contributed by atoms with van der Waals surface area (Å²) in [5.41, 5.74) is 5.88. The highest BCUT2D eigenvalue weighted by Crippen LogP contribution is 2.10. The molecule has 0 aliphatic rings. The predicted octanol–water partition coefficient (Wildman–Crippen LogP) is 0.837. The van der Waals surface area contributed by atoms with Crippen LogP contribution in [-0.4, -0.2) is 33.7 Å². The summed E-state index contributed by atoms with van der Waals surface area (Å²) >= 11 is 0. The zero-order valence-corrected chi connectivity index (χ0v) is 12.6. The number of sulfone groups is 1. The first-order chi connectivity index (χ1) is 8.34. The van der Waals surface area contributed by atoms with Crippen molar-refractivity contribution >= 4 is 28.2 Å². The van der Waals surface area contributed by atoms with Crippen LogP contribution in [0.2, 0.25) is 0 Å². The molecule has 0 heterocycles. The Morgan fingerprint density at radius 3 is 2.26 bits per heavy atom. The Kier molecular flexibility index (Phi) is 7.04. The van der Waals surface area contributed by atoms with Gasteiger partial charge in [0.15, 0.2) is 9.84 Å². The van der Waals surface area contributed by atoms with Crippen molar-refractivity contribution in [3.63, 3.8) is 0 Å². The summed E-state index contributed by atoms with van der Waals surface area (Å²) in [4.78, 5) is 11.9. The molecule has 1 unspecified atom stereocenters. The largest absolute Gasteiger partial charge is 0.352 e. The van der Waals surface area contributed by atoms with Gasteiger partial charge < -0.3 is 11.1 Å². The van der Waals surface area contributed by atoms with Crippen LogP contribution in [-0.2, 0) is 9.84 Å². The van der Waals surface area contributed by atoms with Gasteiger partial charge in [0.2, 0.25) is 0 Å². The van der Waals surface area contributed by atoms with Gasteiger partial charge >= 0.3 is 0 Å². The van der Waals surface area contributed by atoms with Gasteiger partial charge in [-0.2, -0.15) is 0 Å². The molecule has 1 rings (SSSR count). The van der Waals surface area contributed by atoms with E-state index in [-0.39, 0.29) is 29.1 Å². The molecule has 0 bridgehead atoms. The quantitative estimate of drug-likeness (QED) is 0.843. The van der Waals surface area contributed by atoms with Gasteiger partial charge in [-0.25, -0.2) is 8.42 Å². The third kappa shape index (κ3) is 5.59. The number of amides is 1. The summed E-state index contributed by atoms with van der Waals surface area (Å²) in [6, 6.07) is 5.85. The average molecular weight is 307 g/mol. The maximum atomic E-state index is 11.7. The molecule has 3 N–H and O–H groups in total. The van der Waals surface area contributed by atoms with Gasteiger partial charge in [-0.1, -0.05) is 6.92 Å². The molecule has 1 amide bonds. The van der Waals surface area contributed by atoms with Crippen LogP contribution in [0.15, 0.2) is 29.2 Å². The fourth-order valence-corrected chi connectivity index (χ4v) is 1.94. The highest BCUT2D eigenvalue weighted by molar-refractivity contribution is 7.90. The third-order valence-corrected chi connectivity index (χ3v) is 3.69. The predicted molar refractivity (Wildman–Crippen MR) is 77.4 cm³/mol. The van der Waals surface area contributed by atoms with Crippen molar-refractivity contribution in [1.29, 1.82) is 0 Å². The Hall–Kier alpha value is -1.11. The molecule has 0 radical (unpaired) electrons. The second kappa shape index (κ2) is 7.47. The molecule has 0 saturated heterocycles. The molecule has 1 aromatic carbocycles. The molecule has 108 valence electrons. The SMILES string of the molecule is CC(CN)CNC(=O)c1ccc(S(C)(=O)=O)cc1.Cl. The molecule has 0 saturated carbocycles. The van der Waals surface area contributed by atoms with E-state index in [1.54, 1.807) is 0 Å². The van der Waals surface area contributed by atoms with E-state index >= 15 is 0 Å². The van der Waals surface area contributed by atoms with Crippen LogP contribution in [0.1, 0.15) is 17.3 Å². The number of nitrogens with two attached hydrogens (primary N) is 1. The summed E-state index contributed by atoms with van der Waals surface area (Å²) in [7, 11) is -3.22. The van der Waals surface area contributed by atoms with E-state index in [9.17, 15) is 13.2 Å². The Bertz CT molecular complexity index is 514. The lowest BCUT2D eigenvalue weighted by atomic mass is 10.1. The van der Waals surface area contributed by atoms with Crippen molar-refractivity contribution < 1.29 is 13.2 Å². The molecule has 0 spiro atoms. The van der Waals surface area contributed by atoms with E-state index in [2.05, 4.69) is 5.32 Å². The monoisotopic (exact) mass is 306 g/mol. The molecule has 1 aromatic rings. The number of hydrogen-bond donors (Lipinski definition) is 2. The first kappa shape index (κ1) is 17.9. The van der Waals surface area contributed by atoms with E-state index in [1.165, 1.54) is 24.3 Å². The smallest absolute Gasteiger partial charge is 0.251 e. The van der Waals surface area contributed by atoms with Gasteiger partial charge in [0.25, 0.3) is 5.91 Å². The molecule has 0 fully saturated rings. The molecule has 0 aliphatic heterocycles. The molecule has 1 atom stereocenters. The maximum Gasteiger partial charge on any atom is 0.251 e. The first-order valence-corrected chi connectivity index (χ1v) is 7.52. The van der Waals surface area contributed by atoms with Crippen molar-refractivity contribution in [2.24, 2.45) is 11.7 Å². The number of halogens is 1. The van der Waals surface area contributed by atoms with Crippen molar-refractivity contribution in [1.82, 2.24) is 5.32 Å². The zero-order chi connectivity index (χ0) is 13.8. The number of nitrogens with one attached hydrogen (secondary N) is 1. The lowest BCUT2D eigenvalue weighted by Gasteiger charge is -2.10. The topological polar surface area (TPSA) is 89.3 Å². The summed E-state index contributed by atoms with van der Waals surface area (Å²) in [6.45, 7) is 2.95. The fourth-order valence-electron chi connectivity index (χ4n) is 1.31. The van der Waals surface area contributed by atoms with Gasteiger partial charge in [-0.15, -0.1) is 12.4 Å². The summed E-state index contributed by atoms with van der Waals surface area (Å²) in [5, 5.41) is 2.74. The Morgan fingerprint density at radius 2 is 1.84 bits per heavy atom. The number of carbonyl (C=O) groups excluding carboxylic acids is 1. The van der Waals surface area contributed by atoms with Crippen LogP contribution in [0.25, 0.3) is 0 Å². The fraction of sp³-hybridized carbons (Fsp3) is 0.417. The van der Waals surface area contributed by atoms with E-state index in [0.29, 0.717) is 18.7 Å². The van der Waals surface area contributed by atoms with Crippen LogP contribution in [0.3, 0.4) is 0 Å². The van der Waals surface area contributed by atoms with Gasteiger partial charge in [-0.05, 0) is 36.7 Å². The van der Waals surface area contributed by atoms with Crippen LogP contribution in [0, 0.1) is 5.92 Å². The van der Waals surface area contributed by atoms with Crippen molar-refractivity contribution in [2.75, 3.05) is 19.3 Å². The molecular formula is C12H19ClN2O3S. The van der Waals surface area contributed by atoms with E-state index in [1.807, 2.05) is 6.92 Å². The van der Waals surface area contributed by atoms with Gasteiger partial charge in [0.05, 0.1) is 4.90 Å². The minimum Gasteiger partial charge on any atom is -0.352 e. The number of rotatable bonds is 5. The van der Waals surface area contributed by atoms with E-state index in [0.717, 1.165) is 6.26 Å². The molecule has 19 heavy (non-hydrogen) atoms. The van der Waals surface area contributed by atoms with Gasteiger partial charge in [-0.3, -0.25) is 4.79 Å². The van der Waals surface area contributed by atoms with E-state index < -0.39 is 9.84 Å². The average Bonchev–Trinajstić information content (AvgIpc) is 2.34. The Morgan fingerprint density at radius 1 is 1.32 bits per heavy atom. The number of benzene rings is 1. The highest BCUT2D eigenvalue weighted by Gasteiger charge is 2.10. The lowest BCUT2D eigenvalue weighted by molar-refractivity contribution is 0.0948. The molecule has 0 aromatic heterocycles. The Balaban J connectivity index is 0.00000324. The van der Waals surface area contributed by atoms with Gasteiger partial charge in [0, 0.05) is 18.4 Å². The molecule has 5 nitrogen and oxygen atoms in total. The van der Waals surface area contributed by atoms with Crippen LogP contribution in [0.5, 0.6) is 0 Å².